The minimum absolute atomic E-state index is 0.141. The summed E-state index contributed by atoms with van der Waals surface area (Å²) < 4.78 is 0. The van der Waals surface area contributed by atoms with Crippen LogP contribution in [-0.2, 0) is 4.79 Å². The zero-order valence-corrected chi connectivity index (χ0v) is 7.42. The number of guanidine groups is 1. The van der Waals surface area contributed by atoms with Crippen LogP contribution in [0.15, 0.2) is 0 Å². The van der Waals surface area contributed by atoms with Crippen LogP contribution in [-0.4, -0.2) is 23.1 Å². The van der Waals surface area contributed by atoms with Gasteiger partial charge >= 0.3 is 5.97 Å². The first-order valence-corrected chi connectivity index (χ1v) is 4.44. The van der Waals surface area contributed by atoms with Crippen molar-refractivity contribution in [1.82, 2.24) is 5.32 Å². The fourth-order valence-corrected chi connectivity index (χ4v) is 1.80. The van der Waals surface area contributed by atoms with E-state index < -0.39 is 11.9 Å². The molecule has 0 aliphatic heterocycles. The minimum Gasteiger partial charge on any atom is -0.481 e. The molecule has 0 aromatic heterocycles. The first-order valence-electron chi connectivity index (χ1n) is 4.44. The van der Waals surface area contributed by atoms with Gasteiger partial charge < -0.3 is 16.2 Å². The molecule has 1 aliphatic carbocycles. The van der Waals surface area contributed by atoms with Crippen LogP contribution in [0.4, 0.5) is 0 Å². The summed E-state index contributed by atoms with van der Waals surface area (Å²) in [5, 5.41) is 18.6. The molecule has 0 unspecified atom stereocenters. The minimum atomic E-state index is -0.793. The quantitative estimate of drug-likeness (QED) is 0.362. The van der Waals surface area contributed by atoms with E-state index in [2.05, 4.69) is 5.32 Å². The molecule has 5 heteroatoms. The van der Waals surface area contributed by atoms with Gasteiger partial charge in [0.05, 0.1) is 5.92 Å². The van der Waals surface area contributed by atoms with E-state index in [0.717, 1.165) is 19.3 Å². The van der Waals surface area contributed by atoms with Crippen molar-refractivity contribution in [2.45, 2.75) is 31.7 Å². The molecule has 0 amide bonds. The molecular formula is C8H15N3O2. The first kappa shape index (κ1) is 9.83. The van der Waals surface area contributed by atoms with Gasteiger partial charge in [-0.15, -0.1) is 0 Å². The molecule has 13 heavy (non-hydrogen) atoms. The molecule has 1 fully saturated rings. The number of hydrogen-bond donors (Lipinski definition) is 4. The van der Waals surface area contributed by atoms with E-state index in [9.17, 15) is 4.79 Å². The molecule has 0 saturated heterocycles. The lowest BCUT2D eigenvalue weighted by molar-refractivity contribution is -0.143. The largest absolute Gasteiger partial charge is 0.481 e. The van der Waals surface area contributed by atoms with Crippen molar-refractivity contribution < 1.29 is 9.90 Å². The van der Waals surface area contributed by atoms with Crippen LogP contribution >= 0.6 is 0 Å². The molecule has 1 saturated carbocycles. The Balaban J connectivity index is 2.56. The number of carboxylic acids is 1. The van der Waals surface area contributed by atoms with Crippen LogP contribution in [0, 0.1) is 11.3 Å². The number of carboxylic acid groups (broad SMARTS) is 1. The molecule has 74 valence electrons. The van der Waals surface area contributed by atoms with Crippen molar-refractivity contribution in [1.29, 1.82) is 5.41 Å². The molecule has 1 aliphatic rings. The third-order valence-corrected chi connectivity index (χ3v) is 2.42. The second kappa shape index (κ2) is 4.11. The van der Waals surface area contributed by atoms with Crippen LogP contribution < -0.4 is 11.1 Å². The predicted octanol–water partition coefficient (Wildman–Crippen LogP) is 0.113. The Morgan fingerprint density at radius 2 is 2.08 bits per heavy atom. The van der Waals surface area contributed by atoms with Gasteiger partial charge in [-0.05, 0) is 12.8 Å². The Bertz CT molecular complexity index is 217. The van der Waals surface area contributed by atoms with E-state index in [-0.39, 0.29) is 12.0 Å². The van der Waals surface area contributed by atoms with E-state index in [4.69, 9.17) is 16.2 Å². The maximum atomic E-state index is 10.8. The Kier molecular flexibility index (Phi) is 3.11. The third kappa shape index (κ3) is 2.61. The normalized spacial score (nSPS) is 28.0. The van der Waals surface area contributed by atoms with E-state index in [0.29, 0.717) is 6.42 Å². The number of nitrogens with two attached hydrogens (primary N) is 1. The van der Waals surface area contributed by atoms with Gasteiger partial charge in [-0.1, -0.05) is 12.8 Å². The fourth-order valence-electron chi connectivity index (χ4n) is 1.80. The van der Waals surface area contributed by atoms with Crippen LogP contribution in [0.5, 0.6) is 0 Å². The Labute approximate surface area is 76.8 Å². The lowest BCUT2D eigenvalue weighted by Gasteiger charge is -2.29. The van der Waals surface area contributed by atoms with Crippen molar-refractivity contribution in [3.05, 3.63) is 0 Å². The standard InChI is InChI=1S/C8H15N3O2/c9-8(10)11-6-4-2-1-3-5(6)7(12)13/h5-6H,1-4H2,(H,12,13)(H4,9,10,11)/t5-,6+/m1/s1. The summed E-state index contributed by atoms with van der Waals surface area (Å²) in [4.78, 5) is 10.8. The topological polar surface area (TPSA) is 99.2 Å². The van der Waals surface area contributed by atoms with Crippen LogP contribution in [0.2, 0.25) is 0 Å². The van der Waals surface area contributed by atoms with Crippen LogP contribution in [0.3, 0.4) is 0 Å². The summed E-state index contributed by atoms with van der Waals surface area (Å²) >= 11 is 0. The Morgan fingerprint density at radius 3 is 2.62 bits per heavy atom. The van der Waals surface area contributed by atoms with Gasteiger partial charge in [0.25, 0.3) is 0 Å². The average Bonchev–Trinajstić information content (AvgIpc) is 2.03. The summed E-state index contributed by atoms with van der Waals surface area (Å²) in [6.45, 7) is 0. The monoisotopic (exact) mass is 185 g/mol. The number of hydrogen-bond acceptors (Lipinski definition) is 2. The molecule has 0 aromatic rings. The van der Waals surface area contributed by atoms with Crippen LogP contribution in [0.25, 0.3) is 0 Å². The van der Waals surface area contributed by atoms with E-state index in [1.165, 1.54) is 0 Å². The van der Waals surface area contributed by atoms with Crippen LogP contribution in [0.1, 0.15) is 25.7 Å². The fraction of sp³-hybridized carbons (Fsp3) is 0.750. The van der Waals surface area contributed by atoms with E-state index in [1.54, 1.807) is 0 Å². The third-order valence-electron chi connectivity index (χ3n) is 2.42. The Morgan fingerprint density at radius 1 is 1.46 bits per heavy atom. The zero-order valence-electron chi connectivity index (χ0n) is 7.42. The lowest BCUT2D eigenvalue weighted by Crippen LogP contribution is -2.47. The maximum absolute atomic E-state index is 10.8. The van der Waals surface area contributed by atoms with Crippen molar-refractivity contribution in [2.75, 3.05) is 0 Å². The highest BCUT2D eigenvalue weighted by Gasteiger charge is 2.30. The zero-order chi connectivity index (χ0) is 9.84. The summed E-state index contributed by atoms with van der Waals surface area (Å²) in [6.07, 6.45) is 3.43. The van der Waals surface area contributed by atoms with Gasteiger partial charge in [0.1, 0.15) is 0 Å². The lowest BCUT2D eigenvalue weighted by atomic mass is 9.84. The highest BCUT2D eigenvalue weighted by Crippen LogP contribution is 2.24. The van der Waals surface area contributed by atoms with Gasteiger partial charge in [-0.25, -0.2) is 0 Å². The molecule has 5 nitrogen and oxygen atoms in total. The molecule has 5 N–H and O–H groups in total. The SMILES string of the molecule is N=C(N)N[C@H]1CCCC[C@H]1C(=O)O. The van der Waals surface area contributed by atoms with Gasteiger partial charge in [-0.2, -0.15) is 0 Å². The van der Waals surface area contributed by atoms with Crippen molar-refractivity contribution in [2.24, 2.45) is 11.7 Å². The highest BCUT2D eigenvalue weighted by atomic mass is 16.4. The van der Waals surface area contributed by atoms with Crippen molar-refractivity contribution in [3.63, 3.8) is 0 Å². The Hall–Kier alpha value is -1.26. The second-order valence-corrected chi connectivity index (χ2v) is 3.39. The summed E-state index contributed by atoms with van der Waals surface area (Å²) in [6, 6.07) is -0.163. The number of rotatable bonds is 2. The number of nitrogens with one attached hydrogen (secondary N) is 2. The molecule has 0 radical (unpaired) electrons. The summed E-state index contributed by atoms with van der Waals surface area (Å²) in [7, 11) is 0. The summed E-state index contributed by atoms with van der Waals surface area (Å²) in [5.41, 5.74) is 5.16. The molecular weight excluding hydrogens is 170 g/mol. The molecule has 0 aromatic carbocycles. The molecule has 0 heterocycles. The van der Waals surface area contributed by atoms with E-state index in [1.807, 2.05) is 0 Å². The summed E-state index contributed by atoms with van der Waals surface area (Å²) in [5.74, 6) is -1.32. The van der Waals surface area contributed by atoms with Gasteiger partial charge in [0, 0.05) is 6.04 Å². The number of carbonyl (C=O) groups is 1. The average molecular weight is 185 g/mol. The van der Waals surface area contributed by atoms with Crippen molar-refractivity contribution >= 4 is 11.9 Å². The van der Waals surface area contributed by atoms with Gasteiger partial charge in [0.15, 0.2) is 5.96 Å². The maximum Gasteiger partial charge on any atom is 0.308 e. The predicted molar refractivity (Wildman–Crippen MR) is 48.4 cm³/mol. The smallest absolute Gasteiger partial charge is 0.308 e. The highest BCUT2D eigenvalue weighted by molar-refractivity contribution is 5.77. The van der Waals surface area contributed by atoms with Crippen molar-refractivity contribution in [3.8, 4) is 0 Å². The molecule has 0 bridgehead atoms. The van der Waals surface area contributed by atoms with E-state index >= 15 is 0 Å². The van der Waals surface area contributed by atoms with Gasteiger partial charge in [0.2, 0.25) is 0 Å². The van der Waals surface area contributed by atoms with Gasteiger partial charge in [-0.3, -0.25) is 10.2 Å². The second-order valence-electron chi connectivity index (χ2n) is 3.39. The molecule has 1 rings (SSSR count). The first-order chi connectivity index (χ1) is 6.11. The number of aliphatic carboxylic acids is 1. The molecule has 2 atom stereocenters. The molecule has 0 spiro atoms.